The van der Waals surface area contributed by atoms with Gasteiger partial charge >= 0.3 is 0 Å². The summed E-state index contributed by atoms with van der Waals surface area (Å²) >= 11 is 5.76. The first kappa shape index (κ1) is 13.5. The first-order valence-corrected chi connectivity index (χ1v) is 7.14. The Labute approximate surface area is 101 Å². The van der Waals surface area contributed by atoms with Crippen LogP contribution >= 0.6 is 11.6 Å². The van der Waals surface area contributed by atoms with E-state index < -0.39 is 20.7 Å². The number of hydrogen-bond donors (Lipinski definition) is 1. The number of rotatable bonds is 4. The topological polar surface area (TPSA) is 54.4 Å². The van der Waals surface area contributed by atoms with Gasteiger partial charge in [-0.2, -0.15) is 0 Å². The van der Waals surface area contributed by atoms with Crippen molar-refractivity contribution in [3.63, 3.8) is 0 Å². The zero-order valence-corrected chi connectivity index (χ0v) is 10.8. The van der Waals surface area contributed by atoms with Crippen LogP contribution in [0.4, 0.5) is 0 Å². The number of halogens is 1. The highest BCUT2D eigenvalue weighted by molar-refractivity contribution is 7.93. The molecule has 0 spiro atoms. The minimum atomic E-state index is -3.44. The third kappa shape index (κ3) is 2.97. The Balaban J connectivity index is 2.94. The Morgan fingerprint density at radius 1 is 1.31 bits per heavy atom. The van der Waals surface area contributed by atoms with Crippen LogP contribution in [0.2, 0.25) is 0 Å². The van der Waals surface area contributed by atoms with Crippen LogP contribution in [0, 0.1) is 6.92 Å². The van der Waals surface area contributed by atoms with Crippen molar-refractivity contribution in [1.82, 2.24) is 0 Å². The molecule has 90 valence electrons. The summed E-state index contributed by atoms with van der Waals surface area (Å²) in [4.78, 5) is 0. The number of aryl methyl sites for hydroxylation is 1. The standard InChI is InChI=1S/C11H15ClO3S/c1-3-16(14,15)11(12)10(13)9-6-4-8(2)5-7-9/h4-7,10-11,13H,3H2,1-2H3. The van der Waals surface area contributed by atoms with Crippen molar-refractivity contribution in [2.24, 2.45) is 0 Å². The maximum absolute atomic E-state index is 11.5. The molecule has 1 aromatic rings. The Hall–Kier alpha value is -0.580. The first-order valence-electron chi connectivity index (χ1n) is 4.98. The van der Waals surface area contributed by atoms with Crippen LogP contribution in [-0.2, 0) is 9.84 Å². The fourth-order valence-corrected chi connectivity index (χ4v) is 2.66. The second kappa shape index (κ2) is 5.17. The molecule has 0 saturated carbocycles. The Morgan fingerprint density at radius 2 is 1.81 bits per heavy atom. The molecule has 0 bridgehead atoms. The molecule has 0 saturated heterocycles. The largest absolute Gasteiger partial charge is 0.386 e. The Kier molecular flexibility index (Phi) is 4.35. The summed E-state index contributed by atoms with van der Waals surface area (Å²) in [5.41, 5.74) is 1.56. The van der Waals surface area contributed by atoms with E-state index in [2.05, 4.69) is 0 Å². The van der Waals surface area contributed by atoms with Gasteiger partial charge in [0, 0.05) is 5.75 Å². The highest BCUT2D eigenvalue weighted by Crippen LogP contribution is 2.25. The van der Waals surface area contributed by atoms with Crippen molar-refractivity contribution in [2.75, 3.05) is 5.75 Å². The second-order valence-electron chi connectivity index (χ2n) is 3.66. The van der Waals surface area contributed by atoms with Crippen LogP contribution in [0.25, 0.3) is 0 Å². The predicted octanol–water partition coefficient (Wildman–Crippen LogP) is 2.03. The molecule has 0 radical (unpaired) electrons. The molecule has 0 aromatic heterocycles. The summed E-state index contributed by atoms with van der Waals surface area (Å²) in [5.74, 6) is -0.0793. The van der Waals surface area contributed by atoms with Gasteiger partial charge in [-0.15, -0.1) is 11.6 Å². The van der Waals surface area contributed by atoms with Crippen LogP contribution < -0.4 is 0 Å². The van der Waals surface area contributed by atoms with Gasteiger partial charge in [0.15, 0.2) is 14.5 Å². The lowest BCUT2D eigenvalue weighted by Crippen LogP contribution is -2.24. The van der Waals surface area contributed by atoms with Crippen molar-refractivity contribution >= 4 is 21.4 Å². The molecule has 16 heavy (non-hydrogen) atoms. The molecule has 2 atom stereocenters. The van der Waals surface area contributed by atoms with E-state index in [4.69, 9.17) is 11.6 Å². The van der Waals surface area contributed by atoms with Gasteiger partial charge in [0.05, 0.1) is 0 Å². The molecule has 3 nitrogen and oxygen atoms in total. The summed E-state index contributed by atoms with van der Waals surface area (Å²) in [6, 6.07) is 6.97. The van der Waals surface area contributed by atoms with Gasteiger partial charge in [-0.05, 0) is 12.5 Å². The quantitative estimate of drug-likeness (QED) is 0.845. The molecule has 1 aromatic carbocycles. The summed E-state index contributed by atoms with van der Waals surface area (Å²) in [6.45, 7) is 3.42. The fourth-order valence-electron chi connectivity index (χ4n) is 1.27. The van der Waals surface area contributed by atoms with E-state index in [0.29, 0.717) is 5.56 Å². The lowest BCUT2D eigenvalue weighted by atomic mass is 10.1. The number of alkyl halides is 1. The van der Waals surface area contributed by atoms with E-state index in [1.54, 1.807) is 24.3 Å². The number of sulfone groups is 1. The second-order valence-corrected chi connectivity index (χ2v) is 6.80. The molecule has 0 heterocycles. The molecule has 1 rings (SSSR count). The lowest BCUT2D eigenvalue weighted by molar-refractivity contribution is 0.191. The Bertz CT molecular complexity index is 439. The third-order valence-electron chi connectivity index (χ3n) is 2.41. The van der Waals surface area contributed by atoms with Gasteiger partial charge in [-0.3, -0.25) is 0 Å². The van der Waals surface area contributed by atoms with Gasteiger partial charge < -0.3 is 5.11 Å². The van der Waals surface area contributed by atoms with Crippen molar-refractivity contribution in [3.8, 4) is 0 Å². The molecule has 0 fully saturated rings. The zero-order chi connectivity index (χ0) is 12.3. The molecule has 2 unspecified atom stereocenters. The van der Waals surface area contributed by atoms with E-state index in [0.717, 1.165) is 5.56 Å². The minimum absolute atomic E-state index is 0.0793. The smallest absolute Gasteiger partial charge is 0.169 e. The summed E-state index contributed by atoms with van der Waals surface area (Å²) in [7, 11) is -3.44. The summed E-state index contributed by atoms with van der Waals surface area (Å²) in [5, 5.41) is 9.84. The van der Waals surface area contributed by atoms with Crippen LogP contribution in [-0.4, -0.2) is 24.0 Å². The molecule has 0 aliphatic rings. The van der Waals surface area contributed by atoms with E-state index in [1.807, 2.05) is 6.92 Å². The molecule has 1 N–H and O–H groups in total. The maximum atomic E-state index is 11.5. The monoisotopic (exact) mass is 262 g/mol. The van der Waals surface area contributed by atoms with E-state index >= 15 is 0 Å². The minimum Gasteiger partial charge on any atom is -0.386 e. The van der Waals surface area contributed by atoms with Crippen molar-refractivity contribution in [1.29, 1.82) is 0 Å². The normalized spacial score (nSPS) is 15.8. The van der Waals surface area contributed by atoms with Gasteiger partial charge in [0.25, 0.3) is 0 Å². The molecule has 0 amide bonds. The number of benzene rings is 1. The summed E-state index contributed by atoms with van der Waals surface area (Å²) < 4.78 is 21.7. The van der Waals surface area contributed by atoms with E-state index in [-0.39, 0.29) is 5.75 Å². The van der Waals surface area contributed by atoms with Crippen molar-refractivity contribution in [2.45, 2.75) is 24.7 Å². The molecule has 0 aliphatic carbocycles. The van der Waals surface area contributed by atoms with Gasteiger partial charge in [0.1, 0.15) is 6.10 Å². The Morgan fingerprint density at radius 3 is 2.25 bits per heavy atom. The maximum Gasteiger partial charge on any atom is 0.169 e. The van der Waals surface area contributed by atoms with Gasteiger partial charge in [0.2, 0.25) is 0 Å². The molecule has 5 heteroatoms. The SMILES string of the molecule is CCS(=O)(=O)C(Cl)C(O)c1ccc(C)cc1. The highest BCUT2D eigenvalue weighted by atomic mass is 35.5. The summed E-state index contributed by atoms with van der Waals surface area (Å²) in [6.07, 6.45) is -1.19. The fraction of sp³-hybridized carbons (Fsp3) is 0.455. The van der Waals surface area contributed by atoms with Gasteiger partial charge in [-0.25, -0.2) is 8.42 Å². The molecule has 0 aliphatic heterocycles. The lowest BCUT2D eigenvalue weighted by Gasteiger charge is -2.17. The average Bonchev–Trinajstić information content (AvgIpc) is 2.28. The van der Waals surface area contributed by atoms with Crippen LogP contribution in [0.15, 0.2) is 24.3 Å². The third-order valence-corrected chi connectivity index (χ3v) is 5.21. The van der Waals surface area contributed by atoms with Crippen LogP contribution in [0.3, 0.4) is 0 Å². The van der Waals surface area contributed by atoms with Gasteiger partial charge in [-0.1, -0.05) is 36.8 Å². The number of aliphatic hydroxyl groups excluding tert-OH is 1. The van der Waals surface area contributed by atoms with E-state index in [1.165, 1.54) is 6.92 Å². The van der Waals surface area contributed by atoms with Crippen LogP contribution in [0.1, 0.15) is 24.2 Å². The van der Waals surface area contributed by atoms with E-state index in [9.17, 15) is 13.5 Å². The van der Waals surface area contributed by atoms with Crippen molar-refractivity contribution < 1.29 is 13.5 Å². The number of hydrogen-bond acceptors (Lipinski definition) is 3. The predicted molar refractivity (Wildman–Crippen MR) is 65.2 cm³/mol. The first-order chi connectivity index (χ1) is 7.38. The molecular weight excluding hydrogens is 248 g/mol. The molecular formula is C11H15ClO3S. The van der Waals surface area contributed by atoms with Crippen molar-refractivity contribution in [3.05, 3.63) is 35.4 Å². The number of aliphatic hydroxyl groups is 1. The average molecular weight is 263 g/mol. The van der Waals surface area contributed by atoms with Crippen LogP contribution in [0.5, 0.6) is 0 Å². The zero-order valence-electron chi connectivity index (χ0n) is 9.22. The highest BCUT2D eigenvalue weighted by Gasteiger charge is 2.29.